The molecule has 1 aromatic heterocycles. The summed E-state index contributed by atoms with van der Waals surface area (Å²) < 4.78 is 45.6. The lowest BCUT2D eigenvalue weighted by Crippen LogP contribution is -2.39. The first kappa shape index (κ1) is 16.0. The first-order chi connectivity index (χ1) is 11.0. The van der Waals surface area contributed by atoms with Crippen LogP contribution >= 0.6 is 0 Å². The molecule has 23 heavy (non-hydrogen) atoms. The van der Waals surface area contributed by atoms with Gasteiger partial charge in [0.25, 0.3) is 0 Å². The Morgan fingerprint density at radius 2 is 1.96 bits per heavy atom. The van der Waals surface area contributed by atoms with Crippen LogP contribution in [0.2, 0.25) is 0 Å². The lowest BCUT2D eigenvalue weighted by atomic mass is 10.1. The van der Waals surface area contributed by atoms with Crippen LogP contribution in [-0.4, -0.2) is 40.7 Å². The molecule has 2 aromatic rings. The standard InChI is InChI=1S/C16H18F3N3O/c17-16(18,19)14-3-1-13(2-4-14)15-11-21(9-10-23-15)7-8-22-6-5-20-12-22/h1-6,12,15H,7-11H2/t15-/m0/s1. The molecule has 0 aliphatic carbocycles. The van der Waals surface area contributed by atoms with Crippen LogP contribution in [0.5, 0.6) is 0 Å². The number of aromatic nitrogens is 2. The largest absolute Gasteiger partial charge is 0.416 e. The summed E-state index contributed by atoms with van der Waals surface area (Å²) in [4.78, 5) is 6.26. The van der Waals surface area contributed by atoms with E-state index < -0.39 is 11.7 Å². The number of rotatable bonds is 4. The highest BCUT2D eigenvalue weighted by atomic mass is 19.4. The zero-order valence-corrected chi connectivity index (χ0v) is 12.5. The lowest BCUT2D eigenvalue weighted by molar-refractivity contribution is -0.137. The Bertz CT molecular complexity index is 611. The Morgan fingerprint density at radius 3 is 2.61 bits per heavy atom. The van der Waals surface area contributed by atoms with E-state index in [2.05, 4.69) is 9.88 Å². The zero-order chi connectivity index (χ0) is 16.3. The molecule has 0 unspecified atom stereocenters. The van der Waals surface area contributed by atoms with Gasteiger partial charge in [0, 0.05) is 38.6 Å². The van der Waals surface area contributed by atoms with Crippen molar-refractivity contribution in [1.29, 1.82) is 0 Å². The maximum absolute atomic E-state index is 12.6. The molecule has 7 heteroatoms. The van der Waals surface area contributed by atoms with E-state index in [0.29, 0.717) is 13.2 Å². The molecule has 1 aliphatic rings. The van der Waals surface area contributed by atoms with E-state index in [1.165, 1.54) is 12.1 Å². The van der Waals surface area contributed by atoms with E-state index in [1.807, 2.05) is 10.8 Å². The van der Waals surface area contributed by atoms with Crippen molar-refractivity contribution in [2.24, 2.45) is 0 Å². The van der Waals surface area contributed by atoms with Gasteiger partial charge in [0.1, 0.15) is 0 Å². The van der Waals surface area contributed by atoms with Gasteiger partial charge in [0.2, 0.25) is 0 Å². The minimum Gasteiger partial charge on any atom is -0.371 e. The number of imidazole rings is 1. The summed E-state index contributed by atoms with van der Waals surface area (Å²) in [6, 6.07) is 5.24. The monoisotopic (exact) mass is 325 g/mol. The summed E-state index contributed by atoms with van der Waals surface area (Å²) >= 11 is 0. The minimum atomic E-state index is -4.30. The molecule has 2 heterocycles. The van der Waals surface area contributed by atoms with Gasteiger partial charge >= 0.3 is 6.18 Å². The average Bonchev–Trinajstić information content (AvgIpc) is 3.06. The Labute approximate surface area is 132 Å². The third-order valence-electron chi connectivity index (χ3n) is 3.99. The van der Waals surface area contributed by atoms with E-state index in [0.717, 1.165) is 37.3 Å². The van der Waals surface area contributed by atoms with E-state index >= 15 is 0 Å². The summed E-state index contributed by atoms with van der Waals surface area (Å²) in [5.41, 5.74) is 0.152. The van der Waals surface area contributed by atoms with Crippen molar-refractivity contribution in [2.75, 3.05) is 26.2 Å². The van der Waals surface area contributed by atoms with Crippen LogP contribution in [0.15, 0.2) is 43.0 Å². The number of morpholine rings is 1. The van der Waals surface area contributed by atoms with Crippen molar-refractivity contribution in [3.63, 3.8) is 0 Å². The van der Waals surface area contributed by atoms with Crippen molar-refractivity contribution in [2.45, 2.75) is 18.8 Å². The fourth-order valence-electron chi connectivity index (χ4n) is 2.67. The number of alkyl halides is 3. The van der Waals surface area contributed by atoms with Crippen molar-refractivity contribution in [1.82, 2.24) is 14.5 Å². The first-order valence-electron chi connectivity index (χ1n) is 7.49. The SMILES string of the molecule is FC(F)(F)c1ccc([C@@H]2CN(CCn3ccnc3)CCO2)cc1. The van der Waals surface area contributed by atoms with Crippen molar-refractivity contribution >= 4 is 0 Å². The van der Waals surface area contributed by atoms with Gasteiger partial charge in [-0.15, -0.1) is 0 Å². The average molecular weight is 325 g/mol. The maximum Gasteiger partial charge on any atom is 0.416 e. The second kappa shape index (κ2) is 6.72. The van der Waals surface area contributed by atoms with E-state index in [9.17, 15) is 13.2 Å². The van der Waals surface area contributed by atoms with Crippen LogP contribution in [0.25, 0.3) is 0 Å². The molecule has 0 N–H and O–H groups in total. The zero-order valence-electron chi connectivity index (χ0n) is 12.5. The molecule has 0 bridgehead atoms. The van der Waals surface area contributed by atoms with Crippen LogP contribution in [0.4, 0.5) is 13.2 Å². The number of hydrogen-bond acceptors (Lipinski definition) is 3. The molecule has 1 aliphatic heterocycles. The van der Waals surface area contributed by atoms with Crippen LogP contribution in [0, 0.1) is 0 Å². The molecular formula is C16H18F3N3O. The minimum absolute atomic E-state index is 0.186. The van der Waals surface area contributed by atoms with Crippen LogP contribution in [0.1, 0.15) is 17.2 Å². The highest BCUT2D eigenvalue weighted by molar-refractivity contribution is 5.26. The molecule has 1 atom stereocenters. The number of nitrogens with zero attached hydrogens (tertiary/aromatic N) is 3. The molecule has 1 saturated heterocycles. The van der Waals surface area contributed by atoms with Gasteiger partial charge in [0.05, 0.1) is 24.6 Å². The summed E-state index contributed by atoms with van der Waals surface area (Å²) in [6.45, 7) is 3.78. The molecule has 124 valence electrons. The number of halogens is 3. The van der Waals surface area contributed by atoms with Gasteiger partial charge in [0.15, 0.2) is 0 Å². The third-order valence-corrected chi connectivity index (χ3v) is 3.99. The Balaban J connectivity index is 1.59. The summed E-state index contributed by atoms with van der Waals surface area (Å²) in [6.07, 6.45) is 0.933. The highest BCUT2D eigenvalue weighted by Crippen LogP contribution is 2.31. The van der Waals surface area contributed by atoms with E-state index in [4.69, 9.17) is 4.74 Å². The topological polar surface area (TPSA) is 30.3 Å². The Morgan fingerprint density at radius 1 is 1.17 bits per heavy atom. The normalized spacial score (nSPS) is 19.9. The quantitative estimate of drug-likeness (QED) is 0.866. The van der Waals surface area contributed by atoms with E-state index in [-0.39, 0.29) is 6.10 Å². The van der Waals surface area contributed by atoms with Gasteiger partial charge in [-0.3, -0.25) is 4.90 Å². The fourth-order valence-corrected chi connectivity index (χ4v) is 2.67. The predicted molar refractivity (Wildman–Crippen MR) is 78.8 cm³/mol. The number of hydrogen-bond donors (Lipinski definition) is 0. The van der Waals surface area contributed by atoms with Crippen molar-refractivity contribution in [3.05, 3.63) is 54.1 Å². The number of benzene rings is 1. The lowest BCUT2D eigenvalue weighted by Gasteiger charge is -2.33. The second-order valence-electron chi connectivity index (χ2n) is 5.58. The molecule has 4 nitrogen and oxygen atoms in total. The predicted octanol–water partition coefficient (Wildman–Crippen LogP) is 2.98. The van der Waals surface area contributed by atoms with Gasteiger partial charge in [-0.25, -0.2) is 4.98 Å². The van der Waals surface area contributed by atoms with Crippen molar-refractivity contribution < 1.29 is 17.9 Å². The second-order valence-corrected chi connectivity index (χ2v) is 5.58. The molecular weight excluding hydrogens is 307 g/mol. The van der Waals surface area contributed by atoms with Gasteiger partial charge in [-0.2, -0.15) is 13.2 Å². The fraction of sp³-hybridized carbons (Fsp3) is 0.438. The maximum atomic E-state index is 12.6. The Hall–Kier alpha value is -1.86. The molecule has 0 amide bonds. The van der Waals surface area contributed by atoms with Gasteiger partial charge < -0.3 is 9.30 Å². The molecule has 0 spiro atoms. The number of ether oxygens (including phenoxy) is 1. The smallest absolute Gasteiger partial charge is 0.371 e. The Kier molecular flexibility index (Phi) is 4.68. The highest BCUT2D eigenvalue weighted by Gasteiger charge is 2.30. The molecule has 0 radical (unpaired) electrons. The molecule has 3 rings (SSSR count). The molecule has 1 aromatic carbocycles. The van der Waals surface area contributed by atoms with Crippen molar-refractivity contribution in [3.8, 4) is 0 Å². The van der Waals surface area contributed by atoms with Crippen LogP contribution < -0.4 is 0 Å². The van der Waals surface area contributed by atoms with Crippen LogP contribution in [0.3, 0.4) is 0 Å². The molecule has 0 saturated carbocycles. The molecule has 1 fully saturated rings. The van der Waals surface area contributed by atoms with E-state index in [1.54, 1.807) is 12.5 Å². The van der Waals surface area contributed by atoms with Crippen LogP contribution in [-0.2, 0) is 17.5 Å². The first-order valence-corrected chi connectivity index (χ1v) is 7.49. The van der Waals surface area contributed by atoms with Gasteiger partial charge in [-0.1, -0.05) is 12.1 Å². The van der Waals surface area contributed by atoms with Gasteiger partial charge in [-0.05, 0) is 17.7 Å². The third kappa shape index (κ3) is 4.11. The summed E-state index contributed by atoms with van der Waals surface area (Å²) in [5.74, 6) is 0. The summed E-state index contributed by atoms with van der Waals surface area (Å²) in [7, 11) is 0. The summed E-state index contributed by atoms with van der Waals surface area (Å²) in [5, 5.41) is 0.